The van der Waals surface area contributed by atoms with E-state index in [0.717, 1.165) is 28.8 Å². The summed E-state index contributed by atoms with van der Waals surface area (Å²) in [4.78, 5) is 12.5. The van der Waals surface area contributed by atoms with Crippen LogP contribution in [0.15, 0.2) is 78.9 Å². The van der Waals surface area contributed by atoms with Crippen LogP contribution in [0.5, 0.6) is 5.75 Å². The van der Waals surface area contributed by atoms with Gasteiger partial charge in [-0.2, -0.15) is 13.2 Å². The summed E-state index contributed by atoms with van der Waals surface area (Å²) in [5, 5.41) is 5.97. The van der Waals surface area contributed by atoms with Gasteiger partial charge in [-0.25, -0.2) is 0 Å². The summed E-state index contributed by atoms with van der Waals surface area (Å²) in [6, 6.07) is 21.5. The van der Waals surface area contributed by atoms with Crippen LogP contribution in [0.1, 0.15) is 40.6 Å². The lowest BCUT2D eigenvalue weighted by atomic mass is 9.87. The van der Waals surface area contributed by atoms with Gasteiger partial charge in [-0.1, -0.05) is 60.7 Å². The molecule has 3 rings (SSSR count). The Labute approximate surface area is 191 Å². The topological polar surface area (TPSA) is 50.4 Å². The van der Waals surface area contributed by atoms with Gasteiger partial charge in [0.05, 0.1) is 12.7 Å². The number of benzene rings is 3. The minimum absolute atomic E-state index is 0.162. The first-order valence-electron chi connectivity index (χ1n) is 10.6. The molecule has 0 radical (unpaired) electrons. The molecule has 7 heteroatoms. The quantitative estimate of drug-likeness (QED) is 0.459. The zero-order valence-corrected chi connectivity index (χ0v) is 18.5. The fourth-order valence-corrected chi connectivity index (χ4v) is 3.88. The molecule has 0 aliphatic rings. The summed E-state index contributed by atoms with van der Waals surface area (Å²) in [5.41, 5.74) is 1.76. The van der Waals surface area contributed by atoms with Crippen LogP contribution >= 0.6 is 0 Å². The van der Waals surface area contributed by atoms with Crippen molar-refractivity contribution in [2.75, 3.05) is 20.7 Å². The van der Waals surface area contributed by atoms with Crippen LogP contribution in [0.25, 0.3) is 0 Å². The number of alkyl halides is 3. The Balaban J connectivity index is 1.86. The predicted molar refractivity (Wildman–Crippen MR) is 122 cm³/mol. The van der Waals surface area contributed by atoms with Gasteiger partial charge in [0.25, 0.3) is 0 Å². The lowest BCUT2D eigenvalue weighted by molar-refractivity contribution is -0.137. The molecule has 0 aliphatic heterocycles. The number of ether oxygens (including phenoxy) is 1. The van der Waals surface area contributed by atoms with E-state index in [0.29, 0.717) is 18.7 Å². The van der Waals surface area contributed by atoms with Crippen molar-refractivity contribution in [1.82, 2.24) is 10.6 Å². The van der Waals surface area contributed by atoms with Crippen LogP contribution in [0.2, 0.25) is 0 Å². The van der Waals surface area contributed by atoms with Crippen molar-refractivity contribution in [1.29, 1.82) is 0 Å². The van der Waals surface area contributed by atoms with Crippen molar-refractivity contribution in [2.45, 2.75) is 24.6 Å². The summed E-state index contributed by atoms with van der Waals surface area (Å²) in [7, 11) is 3.15. The maximum Gasteiger partial charge on any atom is 0.416 e. The third kappa shape index (κ3) is 6.14. The van der Waals surface area contributed by atoms with Crippen LogP contribution in [0.4, 0.5) is 13.2 Å². The average molecular weight is 457 g/mol. The minimum atomic E-state index is -4.39. The van der Waals surface area contributed by atoms with Gasteiger partial charge in [0.1, 0.15) is 11.8 Å². The molecule has 2 atom stereocenters. The lowest BCUT2D eigenvalue weighted by Gasteiger charge is -2.23. The van der Waals surface area contributed by atoms with Gasteiger partial charge < -0.3 is 15.4 Å². The highest BCUT2D eigenvalue weighted by molar-refractivity contribution is 5.82. The van der Waals surface area contributed by atoms with E-state index in [1.165, 1.54) is 12.1 Å². The van der Waals surface area contributed by atoms with Crippen LogP contribution in [-0.4, -0.2) is 26.6 Å². The van der Waals surface area contributed by atoms with E-state index in [1.54, 1.807) is 14.2 Å². The molecular formula is C26H27F3N2O2. The number of halogens is 3. The first-order valence-corrected chi connectivity index (χ1v) is 10.6. The highest BCUT2D eigenvalue weighted by Gasteiger charge is 2.30. The zero-order chi connectivity index (χ0) is 23.8. The molecule has 0 aromatic heterocycles. The van der Waals surface area contributed by atoms with E-state index in [9.17, 15) is 18.0 Å². The van der Waals surface area contributed by atoms with Crippen molar-refractivity contribution >= 4 is 5.91 Å². The Bertz CT molecular complexity index is 1040. The Morgan fingerprint density at radius 2 is 1.55 bits per heavy atom. The largest absolute Gasteiger partial charge is 0.496 e. The number of hydrogen-bond acceptors (Lipinski definition) is 3. The van der Waals surface area contributed by atoms with Crippen molar-refractivity contribution in [2.24, 2.45) is 0 Å². The number of rotatable bonds is 9. The number of carbonyl (C=O) groups is 1. The SMILES string of the molecule is CNC(=O)[C@@H](NCC[C@H](c1ccc(C(F)(F)F)cc1)c1ccccc1OC)c1ccccc1. The standard InChI is InChI=1S/C26H27F3N2O2/c1-30-25(32)24(19-8-4-3-5-9-19)31-17-16-21(22-10-6-7-11-23(22)33-2)18-12-14-20(15-13-18)26(27,28)29/h3-15,21,24,31H,16-17H2,1-2H3,(H,30,32)/t21-,24+/m1/s1. The Morgan fingerprint density at radius 1 is 0.909 bits per heavy atom. The van der Waals surface area contributed by atoms with Crippen LogP contribution in [0, 0.1) is 0 Å². The highest BCUT2D eigenvalue weighted by atomic mass is 19.4. The van der Waals surface area contributed by atoms with Crippen molar-refractivity contribution in [3.63, 3.8) is 0 Å². The van der Waals surface area contributed by atoms with E-state index >= 15 is 0 Å². The van der Waals surface area contributed by atoms with Crippen LogP contribution in [0.3, 0.4) is 0 Å². The number of amides is 1. The van der Waals surface area contributed by atoms with Crippen LogP contribution in [-0.2, 0) is 11.0 Å². The summed E-state index contributed by atoms with van der Waals surface area (Å²) in [6.45, 7) is 0.455. The number of likely N-dealkylation sites (N-methyl/N-ethyl adjacent to an activating group) is 1. The van der Waals surface area contributed by atoms with Gasteiger partial charge in [0.15, 0.2) is 0 Å². The molecule has 0 heterocycles. The molecule has 0 fully saturated rings. The van der Waals surface area contributed by atoms with E-state index in [2.05, 4.69) is 10.6 Å². The van der Waals surface area contributed by atoms with E-state index in [-0.39, 0.29) is 11.8 Å². The average Bonchev–Trinajstić information content (AvgIpc) is 2.84. The molecule has 0 saturated heterocycles. The molecule has 3 aromatic carbocycles. The third-order valence-corrected chi connectivity index (χ3v) is 5.58. The number of para-hydroxylation sites is 1. The normalized spacial score (nSPS) is 13.2. The number of nitrogens with one attached hydrogen (secondary N) is 2. The molecule has 33 heavy (non-hydrogen) atoms. The molecule has 0 bridgehead atoms. The van der Waals surface area contributed by atoms with E-state index < -0.39 is 17.8 Å². The molecular weight excluding hydrogens is 429 g/mol. The molecule has 0 aliphatic carbocycles. The molecule has 3 aromatic rings. The fourth-order valence-electron chi connectivity index (χ4n) is 3.88. The monoisotopic (exact) mass is 456 g/mol. The summed E-state index contributed by atoms with van der Waals surface area (Å²) >= 11 is 0. The first kappa shape index (κ1) is 24.3. The van der Waals surface area contributed by atoms with Crippen molar-refractivity contribution in [3.05, 3.63) is 101 Å². The molecule has 0 spiro atoms. The van der Waals surface area contributed by atoms with Crippen LogP contribution < -0.4 is 15.4 Å². The maximum atomic E-state index is 13.1. The molecule has 0 unspecified atom stereocenters. The van der Waals surface area contributed by atoms with E-state index in [1.807, 2.05) is 54.6 Å². The Kier molecular flexibility index (Phi) is 8.11. The van der Waals surface area contributed by atoms with Gasteiger partial charge >= 0.3 is 6.18 Å². The smallest absolute Gasteiger partial charge is 0.416 e. The summed E-state index contributed by atoms with van der Waals surface area (Å²) in [6.07, 6.45) is -3.84. The minimum Gasteiger partial charge on any atom is -0.496 e. The van der Waals surface area contributed by atoms with Gasteiger partial charge in [0.2, 0.25) is 5.91 Å². The maximum absolute atomic E-state index is 13.1. The molecule has 0 saturated carbocycles. The van der Waals surface area contributed by atoms with Gasteiger partial charge in [-0.15, -0.1) is 0 Å². The van der Waals surface area contributed by atoms with Gasteiger partial charge in [0, 0.05) is 18.5 Å². The zero-order valence-electron chi connectivity index (χ0n) is 18.5. The molecule has 174 valence electrons. The molecule has 1 amide bonds. The molecule has 4 nitrogen and oxygen atoms in total. The second kappa shape index (κ2) is 11.0. The van der Waals surface area contributed by atoms with E-state index in [4.69, 9.17) is 4.74 Å². The Hall–Kier alpha value is -3.32. The number of methoxy groups -OCH3 is 1. The number of carbonyl (C=O) groups excluding carboxylic acids is 1. The van der Waals surface area contributed by atoms with Gasteiger partial charge in [-0.05, 0) is 42.3 Å². The summed E-state index contributed by atoms with van der Waals surface area (Å²) < 4.78 is 44.7. The second-order valence-corrected chi connectivity index (χ2v) is 7.62. The predicted octanol–water partition coefficient (Wildman–Crippen LogP) is 5.31. The number of hydrogen-bond donors (Lipinski definition) is 2. The summed E-state index contributed by atoms with van der Waals surface area (Å²) in [5.74, 6) is 0.273. The molecule has 2 N–H and O–H groups in total. The second-order valence-electron chi connectivity index (χ2n) is 7.62. The lowest BCUT2D eigenvalue weighted by Crippen LogP contribution is -2.36. The van der Waals surface area contributed by atoms with Gasteiger partial charge in [-0.3, -0.25) is 4.79 Å². The van der Waals surface area contributed by atoms with Crippen molar-refractivity contribution in [3.8, 4) is 5.75 Å². The first-order chi connectivity index (χ1) is 15.8. The third-order valence-electron chi connectivity index (χ3n) is 5.58. The highest BCUT2D eigenvalue weighted by Crippen LogP contribution is 2.36. The Morgan fingerprint density at radius 3 is 2.15 bits per heavy atom. The van der Waals surface area contributed by atoms with Crippen molar-refractivity contribution < 1.29 is 22.7 Å². The fraction of sp³-hybridized carbons (Fsp3) is 0.269.